The summed E-state index contributed by atoms with van der Waals surface area (Å²) in [6, 6.07) is 4.27. The maximum absolute atomic E-state index is 10.8. The average molecular weight is 313 g/mol. The molecule has 0 aliphatic rings. The van der Waals surface area contributed by atoms with Crippen LogP contribution in [0.5, 0.6) is 10.9 Å². The van der Waals surface area contributed by atoms with Gasteiger partial charge in [-0.3, -0.25) is 0 Å². The number of ether oxygens (including phenoxy) is 1. The molecule has 0 fully saturated rings. The van der Waals surface area contributed by atoms with E-state index >= 15 is 0 Å². The van der Waals surface area contributed by atoms with Crippen LogP contribution in [0.15, 0.2) is 18.2 Å². The number of nitrogens with zero attached hydrogens (tertiary/aromatic N) is 2. The number of halogens is 1. The molecule has 7 heteroatoms. The summed E-state index contributed by atoms with van der Waals surface area (Å²) < 4.78 is 9.77. The normalized spacial score (nSPS) is 11.4. The van der Waals surface area contributed by atoms with Gasteiger partial charge in [0.15, 0.2) is 5.82 Å². The summed E-state index contributed by atoms with van der Waals surface area (Å²) in [7, 11) is 0. The molecule has 0 aliphatic heterocycles. The van der Waals surface area contributed by atoms with Gasteiger partial charge in [-0.15, -0.1) is 0 Å². The lowest BCUT2D eigenvalue weighted by atomic mass is 9.96. The van der Waals surface area contributed by atoms with Gasteiger partial charge in [-0.2, -0.15) is 9.36 Å². The van der Waals surface area contributed by atoms with Crippen molar-refractivity contribution in [3.8, 4) is 10.9 Å². The Morgan fingerprint density at radius 1 is 1.40 bits per heavy atom. The Hall–Kier alpha value is -1.66. The number of aromatic carboxylic acids is 1. The highest BCUT2D eigenvalue weighted by molar-refractivity contribution is 7.07. The predicted octanol–water partition coefficient (Wildman–Crippen LogP) is 3.98. The van der Waals surface area contributed by atoms with Crippen LogP contribution in [0, 0.1) is 0 Å². The highest BCUT2D eigenvalue weighted by Crippen LogP contribution is 2.32. The molecule has 2 rings (SSSR count). The van der Waals surface area contributed by atoms with Crippen molar-refractivity contribution in [2.24, 2.45) is 0 Å². The lowest BCUT2D eigenvalue weighted by molar-refractivity contribution is 0.0697. The van der Waals surface area contributed by atoms with Crippen molar-refractivity contribution in [3.05, 3.63) is 34.6 Å². The second kappa shape index (κ2) is 5.38. The van der Waals surface area contributed by atoms with E-state index in [0.29, 0.717) is 16.8 Å². The Morgan fingerprint density at radius 2 is 2.10 bits per heavy atom. The van der Waals surface area contributed by atoms with Crippen molar-refractivity contribution in [1.29, 1.82) is 0 Å². The van der Waals surface area contributed by atoms with Gasteiger partial charge in [-0.05, 0) is 18.2 Å². The highest BCUT2D eigenvalue weighted by Gasteiger charge is 2.20. The van der Waals surface area contributed by atoms with Crippen LogP contribution in [0.1, 0.15) is 37.0 Å². The molecule has 1 heterocycles. The number of carboxylic acids is 1. The maximum atomic E-state index is 10.8. The maximum Gasteiger partial charge on any atom is 0.335 e. The van der Waals surface area contributed by atoms with Crippen molar-refractivity contribution in [2.75, 3.05) is 0 Å². The SMILES string of the molecule is CC(C)(C)c1nsc(Oc2ccc(C(=O)O)cc2Cl)n1. The Balaban J connectivity index is 2.22. The zero-order valence-electron chi connectivity index (χ0n) is 11.2. The number of hydrogen-bond acceptors (Lipinski definition) is 5. The molecule has 20 heavy (non-hydrogen) atoms. The molecule has 1 aromatic heterocycles. The first kappa shape index (κ1) is 14.7. The molecule has 0 saturated carbocycles. The number of benzene rings is 1. The lowest BCUT2D eigenvalue weighted by Crippen LogP contribution is -2.12. The van der Waals surface area contributed by atoms with Crippen LogP contribution in [-0.4, -0.2) is 20.4 Å². The van der Waals surface area contributed by atoms with Crippen LogP contribution in [0.25, 0.3) is 0 Å². The van der Waals surface area contributed by atoms with Gasteiger partial charge in [0.1, 0.15) is 5.75 Å². The summed E-state index contributed by atoms with van der Waals surface area (Å²) in [5, 5.41) is 9.46. The van der Waals surface area contributed by atoms with E-state index in [2.05, 4.69) is 9.36 Å². The molecular formula is C13H13ClN2O3S. The minimum absolute atomic E-state index is 0.106. The molecule has 0 aliphatic carbocycles. The fourth-order valence-electron chi connectivity index (χ4n) is 1.37. The standard InChI is InChI=1S/C13H13ClN2O3S/c1-13(2,3)11-15-12(20-16-11)19-9-5-4-7(10(17)18)6-8(9)14/h4-6H,1-3H3,(H,17,18). The van der Waals surface area contributed by atoms with E-state index in [1.165, 1.54) is 18.2 Å². The molecule has 0 saturated heterocycles. The molecule has 1 N–H and O–H groups in total. The zero-order valence-corrected chi connectivity index (χ0v) is 12.7. The molecule has 1 aromatic carbocycles. The van der Waals surface area contributed by atoms with Gasteiger partial charge in [-0.25, -0.2) is 4.79 Å². The van der Waals surface area contributed by atoms with E-state index in [9.17, 15) is 4.79 Å². The first-order chi connectivity index (χ1) is 9.27. The van der Waals surface area contributed by atoms with Gasteiger partial charge < -0.3 is 9.84 Å². The predicted molar refractivity (Wildman–Crippen MR) is 77.1 cm³/mol. The van der Waals surface area contributed by atoms with Gasteiger partial charge in [0.05, 0.1) is 10.6 Å². The summed E-state index contributed by atoms with van der Waals surface area (Å²) in [4.78, 5) is 15.1. The second-order valence-corrected chi connectivity index (χ2v) is 6.31. The fourth-order valence-corrected chi connectivity index (χ4v) is 2.32. The lowest BCUT2D eigenvalue weighted by Gasteiger charge is -2.12. The summed E-state index contributed by atoms with van der Waals surface area (Å²) in [6.45, 7) is 6.02. The van der Waals surface area contributed by atoms with Gasteiger partial charge in [0.2, 0.25) is 0 Å². The van der Waals surface area contributed by atoms with E-state index in [-0.39, 0.29) is 16.0 Å². The third-order valence-corrected chi connectivity index (χ3v) is 3.34. The van der Waals surface area contributed by atoms with Gasteiger partial charge in [0.25, 0.3) is 5.19 Å². The number of rotatable bonds is 3. The molecule has 5 nitrogen and oxygen atoms in total. The Kier molecular flexibility index (Phi) is 3.96. The number of aromatic nitrogens is 2. The summed E-state index contributed by atoms with van der Waals surface area (Å²) in [5.74, 6) is 0.00781. The van der Waals surface area contributed by atoms with Crippen LogP contribution in [0.4, 0.5) is 0 Å². The number of hydrogen-bond donors (Lipinski definition) is 1. The molecule has 0 amide bonds. The van der Waals surface area contributed by atoms with E-state index in [1.54, 1.807) is 0 Å². The fraction of sp³-hybridized carbons (Fsp3) is 0.308. The summed E-state index contributed by atoms with van der Waals surface area (Å²) in [6.07, 6.45) is 0. The van der Waals surface area contributed by atoms with Crippen molar-refractivity contribution < 1.29 is 14.6 Å². The summed E-state index contributed by atoms with van der Waals surface area (Å²) in [5.41, 5.74) is -0.0512. The minimum atomic E-state index is -1.04. The van der Waals surface area contributed by atoms with Crippen molar-refractivity contribution in [2.45, 2.75) is 26.2 Å². The highest BCUT2D eigenvalue weighted by atomic mass is 35.5. The van der Waals surface area contributed by atoms with Crippen molar-refractivity contribution in [1.82, 2.24) is 9.36 Å². The summed E-state index contributed by atoms with van der Waals surface area (Å²) >= 11 is 7.12. The molecule has 0 atom stereocenters. The smallest absolute Gasteiger partial charge is 0.335 e. The minimum Gasteiger partial charge on any atom is -0.478 e. The quantitative estimate of drug-likeness (QED) is 0.928. The van der Waals surface area contributed by atoms with E-state index in [0.717, 1.165) is 11.5 Å². The van der Waals surface area contributed by atoms with Crippen LogP contribution >= 0.6 is 23.1 Å². The molecule has 0 unspecified atom stereocenters. The van der Waals surface area contributed by atoms with Gasteiger partial charge >= 0.3 is 5.97 Å². The monoisotopic (exact) mass is 312 g/mol. The average Bonchev–Trinajstić information content (AvgIpc) is 2.80. The van der Waals surface area contributed by atoms with Crippen molar-refractivity contribution >= 4 is 29.1 Å². The topological polar surface area (TPSA) is 72.3 Å². The molecule has 0 bridgehead atoms. The Labute approximate surface area is 125 Å². The Morgan fingerprint density at radius 3 is 2.60 bits per heavy atom. The van der Waals surface area contributed by atoms with Crippen LogP contribution < -0.4 is 4.74 Å². The van der Waals surface area contributed by atoms with Crippen LogP contribution in [0.2, 0.25) is 5.02 Å². The van der Waals surface area contributed by atoms with E-state index < -0.39 is 5.97 Å². The second-order valence-electron chi connectivity index (χ2n) is 5.19. The largest absolute Gasteiger partial charge is 0.478 e. The first-order valence-electron chi connectivity index (χ1n) is 5.82. The number of carboxylic acid groups (broad SMARTS) is 1. The molecule has 0 radical (unpaired) electrons. The molecule has 2 aromatic rings. The first-order valence-corrected chi connectivity index (χ1v) is 6.97. The Bertz CT molecular complexity index is 649. The molecule has 106 valence electrons. The van der Waals surface area contributed by atoms with Gasteiger partial charge in [0, 0.05) is 16.9 Å². The zero-order chi connectivity index (χ0) is 14.9. The molecule has 0 spiro atoms. The third kappa shape index (κ3) is 3.26. The van der Waals surface area contributed by atoms with Gasteiger partial charge in [-0.1, -0.05) is 32.4 Å². The molecular weight excluding hydrogens is 300 g/mol. The van der Waals surface area contributed by atoms with Crippen LogP contribution in [0.3, 0.4) is 0 Å². The van der Waals surface area contributed by atoms with Crippen LogP contribution in [-0.2, 0) is 5.41 Å². The number of carbonyl (C=O) groups is 1. The van der Waals surface area contributed by atoms with E-state index in [1.807, 2.05) is 20.8 Å². The van der Waals surface area contributed by atoms with Crippen molar-refractivity contribution in [3.63, 3.8) is 0 Å². The van der Waals surface area contributed by atoms with E-state index in [4.69, 9.17) is 21.4 Å². The third-order valence-electron chi connectivity index (χ3n) is 2.45.